The molecule has 0 amide bonds. The second kappa shape index (κ2) is 3.32. The monoisotopic (exact) mass is 157 g/mol. The topological polar surface area (TPSA) is 12.0 Å². The Morgan fingerprint density at radius 1 is 1.45 bits per heavy atom. The number of rotatable bonds is 2. The van der Waals surface area contributed by atoms with Crippen molar-refractivity contribution in [2.24, 2.45) is 0 Å². The fraction of sp³-hybridized carbons (Fsp3) is 0.250. The second-order valence-electron chi connectivity index (χ2n) is 2.19. The first-order valence-electron chi connectivity index (χ1n) is 3.30. The third-order valence-electron chi connectivity index (χ3n) is 1.48. The van der Waals surface area contributed by atoms with E-state index in [1.54, 1.807) is 7.05 Å². The molecular formula is C8H9F2N. The first kappa shape index (κ1) is 7.98. The maximum Gasteiger partial charge on any atom is 0.123 e. The van der Waals surface area contributed by atoms with Crippen molar-refractivity contribution in [3.05, 3.63) is 29.6 Å². The third-order valence-corrected chi connectivity index (χ3v) is 1.48. The minimum absolute atomic E-state index is 0.354. The maximum atomic E-state index is 12.5. The highest BCUT2D eigenvalue weighted by atomic mass is 19.1. The lowest BCUT2D eigenvalue weighted by atomic mass is 10.2. The van der Waals surface area contributed by atoms with E-state index in [1.807, 2.05) is 0 Å². The number of halogens is 2. The van der Waals surface area contributed by atoms with E-state index in [9.17, 15) is 8.78 Å². The van der Waals surface area contributed by atoms with E-state index in [1.165, 1.54) is 18.2 Å². The summed E-state index contributed by atoms with van der Waals surface area (Å²) in [6.45, 7) is -0.645. The van der Waals surface area contributed by atoms with Crippen molar-refractivity contribution in [1.29, 1.82) is 0 Å². The molecule has 0 heterocycles. The van der Waals surface area contributed by atoms with Gasteiger partial charge in [-0.25, -0.2) is 8.78 Å². The largest absolute Gasteiger partial charge is 0.388 e. The van der Waals surface area contributed by atoms with Crippen LogP contribution in [0.2, 0.25) is 0 Å². The molecule has 1 N–H and O–H groups in total. The summed E-state index contributed by atoms with van der Waals surface area (Å²) >= 11 is 0. The van der Waals surface area contributed by atoms with Gasteiger partial charge in [-0.1, -0.05) is 0 Å². The van der Waals surface area contributed by atoms with E-state index in [2.05, 4.69) is 5.32 Å². The quantitative estimate of drug-likeness (QED) is 0.694. The number of hydrogen-bond donors (Lipinski definition) is 1. The van der Waals surface area contributed by atoms with Crippen LogP contribution < -0.4 is 5.32 Å². The average molecular weight is 157 g/mol. The van der Waals surface area contributed by atoms with Gasteiger partial charge in [-0.15, -0.1) is 0 Å². The van der Waals surface area contributed by atoms with Crippen LogP contribution in [-0.4, -0.2) is 7.05 Å². The Labute approximate surface area is 64.0 Å². The van der Waals surface area contributed by atoms with E-state index < -0.39 is 12.5 Å². The summed E-state index contributed by atoms with van der Waals surface area (Å²) in [5.74, 6) is -0.406. The molecule has 0 bridgehead atoms. The van der Waals surface area contributed by atoms with E-state index in [0.29, 0.717) is 11.3 Å². The molecule has 0 saturated carbocycles. The molecule has 0 aliphatic rings. The molecule has 60 valence electrons. The Bertz CT molecular complexity index is 248. The van der Waals surface area contributed by atoms with Crippen molar-refractivity contribution in [2.75, 3.05) is 12.4 Å². The molecule has 0 spiro atoms. The number of benzene rings is 1. The van der Waals surface area contributed by atoms with Crippen LogP contribution in [0.1, 0.15) is 5.56 Å². The van der Waals surface area contributed by atoms with Crippen LogP contribution in [0.3, 0.4) is 0 Å². The Morgan fingerprint density at radius 3 is 2.73 bits per heavy atom. The van der Waals surface area contributed by atoms with Gasteiger partial charge in [-0.05, 0) is 18.2 Å². The SMILES string of the molecule is CNc1ccc(F)cc1CF. The molecule has 3 heteroatoms. The fourth-order valence-corrected chi connectivity index (χ4v) is 0.917. The van der Waals surface area contributed by atoms with Crippen molar-refractivity contribution in [1.82, 2.24) is 0 Å². The van der Waals surface area contributed by atoms with Crippen molar-refractivity contribution in [2.45, 2.75) is 6.67 Å². The Morgan fingerprint density at radius 2 is 2.18 bits per heavy atom. The van der Waals surface area contributed by atoms with E-state index >= 15 is 0 Å². The molecule has 0 saturated heterocycles. The van der Waals surface area contributed by atoms with Crippen LogP contribution in [-0.2, 0) is 6.67 Å². The molecule has 11 heavy (non-hydrogen) atoms. The molecule has 0 unspecified atom stereocenters. The first-order chi connectivity index (χ1) is 5.27. The summed E-state index contributed by atoms with van der Waals surface area (Å²) in [6.07, 6.45) is 0. The minimum Gasteiger partial charge on any atom is -0.388 e. The molecule has 0 aliphatic heterocycles. The van der Waals surface area contributed by atoms with Gasteiger partial charge in [0.15, 0.2) is 0 Å². The predicted molar refractivity (Wildman–Crippen MR) is 40.8 cm³/mol. The zero-order chi connectivity index (χ0) is 8.27. The van der Waals surface area contributed by atoms with Gasteiger partial charge in [0.2, 0.25) is 0 Å². The van der Waals surface area contributed by atoms with E-state index in [0.717, 1.165) is 0 Å². The summed E-state index contributed by atoms with van der Waals surface area (Å²) in [6, 6.07) is 4.00. The van der Waals surface area contributed by atoms with Crippen molar-refractivity contribution in [3.8, 4) is 0 Å². The Balaban J connectivity index is 3.06. The van der Waals surface area contributed by atoms with Crippen LogP contribution >= 0.6 is 0 Å². The highest BCUT2D eigenvalue weighted by molar-refractivity contribution is 5.50. The number of anilines is 1. The van der Waals surface area contributed by atoms with Gasteiger partial charge in [-0.2, -0.15) is 0 Å². The smallest absolute Gasteiger partial charge is 0.123 e. The molecule has 1 rings (SSSR count). The highest BCUT2D eigenvalue weighted by Crippen LogP contribution is 2.16. The highest BCUT2D eigenvalue weighted by Gasteiger charge is 2.00. The predicted octanol–water partition coefficient (Wildman–Crippen LogP) is 2.34. The molecule has 1 nitrogen and oxygen atoms in total. The van der Waals surface area contributed by atoms with E-state index in [-0.39, 0.29) is 0 Å². The maximum absolute atomic E-state index is 12.5. The first-order valence-corrected chi connectivity index (χ1v) is 3.30. The third kappa shape index (κ3) is 1.67. The normalized spacial score (nSPS) is 9.73. The van der Waals surface area contributed by atoms with Gasteiger partial charge in [0.25, 0.3) is 0 Å². The van der Waals surface area contributed by atoms with Crippen LogP contribution in [0.15, 0.2) is 18.2 Å². The summed E-state index contributed by atoms with van der Waals surface area (Å²) in [5.41, 5.74) is 0.987. The average Bonchev–Trinajstić information content (AvgIpc) is 2.04. The molecular weight excluding hydrogens is 148 g/mol. The van der Waals surface area contributed by atoms with E-state index in [4.69, 9.17) is 0 Å². The summed E-state index contributed by atoms with van der Waals surface area (Å²) in [7, 11) is 1.67. The van der Waals surface area contributed by atoms with Gasteiger partial charge in [0, 0.05) is 18.3 Å². The lowest BCUT2D eigenvalue weighted by Gasteiger charge is -2.04. The van der Waals surface area contributed by atoms with Crippen molar-refractivity contribution < 1.29 is 8.78 Å². The summed E-state index contributed by atoms with van der Waals surface area (Å²) in [5, 5.41) is 2.77. The zero-order valence-corrected chi connectivity index (χ0v) is 6.20. The molecule has 1 aromatic carbocycles. The Kier molecular flexibility index (Phi) is 2.41. The zero-order valence-electron chi connectivity index (χ0n) is 6.20. The van der Waals surface area contributed by atoms with Gasteiger partial charge in [-0.3, -0.25) is 0 Å². The van der Waals surface area contributed by atoms with Crippen LogP contribution in [0, 0.1) is 5.82 Å². The van der Waals surface area contributed by atoms with Crippen molar-refractivity contribution >= 4 is 5.69 Å². The number of alkyl halides is 1. The van der Waals surface area contributed by atoms with Crippen molar-refractivity contribution in [3.63, 3.8) is 0 Å². The standard InChI is InChI=1S/C8H9F2N/c1-11-8-3-2-7(10)4-6(8)5-9/h2-4,11H,5H2,1H3. The molecule has 0 aliphatic carbocycles. The van der Waals surface area contributed by atoms with Gasteiger partial charge >= 0.3 is 0 Å². The Hall–Kier alpha value is -1.12. The number of hydrogen-bond acceptors (Lipinski definition) is 1. The number of nitrogens with one attached hydrogen (secondary N) is 1. The summed E-state index contributed by atoms with van der Waals surface area (Å²) in [4.78, 5) is 0. The molecule has 0 fully saturated rings. The molecule has 0 radical (unpaired) electrons. The lowest BCUT2D eigenvalue weighted by molar-refractivity contribution is 0.483. The summed E-state index contributed by atoms with van der Waals surface area (Å²) < 4.78 is 24.6. The molecule has 0 atom stereocenters. The van der Waals surface area contributed by atoms with Gasteiger partial charge in [0.05, 0.1) is 0 Å². The molecule has 1 aromatic rings. The minimum atomic E-state index is -0.645. The van der Waals surface area contributed by atoms with Crippen LogP contribution in [0.4, 0.5) is 14.5 Å². The van der Waals surface area contributed by atoms with Gasteiger partial charge in [0.1, 0.15) is 12.5 Å². The second-order valence-corrected chi connectivity index (χ2v) is 2.19. The van der Waals surface area contributed by atoms with Crippen LogP contribution in [0.5, 0.6) is 0 Å². The van der Waals surface area contributed by atoms with Gasteiger partial charge < -0.3 is 5.32 Å². The molecule has 0 aromatic heterocycles. The fourth-order valence-electron chi connectivity index (χ4n) is 0.917. The lowest BCUT2D eigenvalue weighted by Crippen LogP contribution is -1.94. The van der Waals surface area contributed by atoms with Crippen LogP contribution in [0.25, 0.3) is 0 Å².